The minimum absolute atomic E-state index is 0.215. The first-order valence-electron chi connectivity index (χ1n) is 4.55. The molecule has 0 aromatic rings. The molecule has 0 N–H and O–H groups in total. The fraction of sp³-hybridized carbons (Fsp3) is 0.900. The van der Waals surface area contributed by atoms with Crippen molar-refractivity contribution in [1.82, 2.24) is 0 Å². The molecule has 0 saturated carbocycles. The molecule has 0 radical (unpaired) electrons. The van der Waals surface area contributed by atoms with E-state index < -0.39 is 0 Å². The van der Waals surface area contributed by atoms with Crippen molar-refractivity contribution in [1.29, 1.82) is 0 Å². The molecule has 0 aliphatic heterocycles. The quantitative estimate of drug-likeness (QED) is 0.636. The van der Waals surface area contributed by atoms with E-state index >= 15 is 0 Å². The third-order valence-corrected chi connectivity index (χ3v) is 1.62. The van der Waals surface area contributed by atoms with Gasteiger partial charge in [0, 0.05) is 13.0 Å². The van der Waals surface area contributed by atoms with Gasteiger partial charge in [0.2, 0.25) is 0 Å². The van der Waals surface area contributed by atoms with Crippen molar-refractivity contribution in [2.45, 2.75) is 40.5 Å². The normalized spacial score (nSPS) is 11.7. The zero-order chi connectivity index (χ0) is 9.61. The average Bonchev–Trinajstić information content (AvgIpc) is 1.95. The van der Waals surface area contributed by atoms with Gasteiger partial charge in [0.25, 0.3) is 0 Å². The van der Waals surface area contributed by atoms with Crippen LogP contribution in [0, 0.1) is 5.41 Å². The van der Waals surface area contributed by atoms with Crippen LogP contribution in [-0.2, 0) is 9.53 Å². The van der Waals surface area contributed by atoms with Crippen molar-refractivity contribution in [2.75, 3.05) is 13.2 Å². The summed E-state index contributed by atoms with van der Waals surface area (Å²) in [6, 6.07) is 0. The predicted molar refractivity (Wildman–Crippen MR) is 50.2 cm³/mol. The summed E-state index contributed by atoms with van der Waals surface area (Å²) in [6.45, 7) is 9.23. The van der Waals surface area contributed by atoms with Gasteiger partial charge in [0.05, 0.1) is 0 Å². The Bertz CT molecular complexity index is 133. The first-order chi connectivity index (χ1) is 5.45. The number of Topliss-reactive ketones (excluding diaryl/α,β-unsaturated/α-hetero) is 1. The molecule has 2 nitrogen and oxygen atoms in total. The van der Waals surface area contributed by atoms with E-state index in [1.807, 2.05) is 6.92 Å². The monoisotopic (exact) mass is 172 g/mol. The SMILES string of the molecule is CCOCC(=O)CCC(C)(C)C. The Kier molecular flexibility index (Phi) is 5.14. The number of hydrogen-bond donors (Lipinski definition) is 0. The van der Waals surface area contributed by atoms with Crippen molar-refractivity contribution >= 4 is 5.78 Å². The Balaban J connectivity index is 3.44. The van der Waals surface area contributed by atoms with E-state index in [0.717, 1.165) is 6.42 Å². The number of hydrogen-bond acceptors (Lipinski definition) is 2. The van der Waals surface area contributed by atoms with E-state index in [4.69, 9.17) is 4.74 Å². The summed E-state index contributed by atoms with van der Waals surface area (Å²) >= 11 is 0. The van der Waals surface area contributed by atoms with Crippen LogP contribution in [0.1, 0.15) is 40.5 Å². The maximum atomic E-state index is 11.1. The Morgan fingerprint density at radius 2 is 1.92 bits per heavy atom. The molecule has 0 aromatic heterocycles. The van der Waals surface area contributed by atoms with Crippen molar-refractivity contribution in [2.24, 2.45) is 5.41 Å². The topological polar surface area (TPSA) is 26.3 Å². The standard InChI is InChI=1S/C10H20O2/c1-5-12-8-9(11)6-7-10(2,3)4/h5-8H2,1-4H3. The van der Waals surface area contributed by atoms with Gasteiger partial charge in [0.15, 0.2) is 5.78 Å². The van der Waals surface area contributed by atoms with Gasteiger partial charge < -0.3 is 4.74 Å². The summed E-state index contributed by atoms with van der Waals surface area (Å²) < 4.78 is 5.01. The second-order valence-electron chi connectivity index (χ2n) is 4.24. The smallest absolute Gasteiger partial charge is 0.158 e. The van der Waals surface area contributed by atoms with Crippen LogP contribution in [0.5, 0.6) is 0 Å². The molecule has 0 saturated heterocycles. The van der Waals surface area contributed by atoms with Crippen LogP contribution in [0.25, 0.3) is 0 Å². The summed E-state index contributed by atoms with van der Waals surface area (Å²) in [5.74, 6) is 0.215. The van der Waals surface area contributed by atoms with Gasteiger partial charge in [-0.05, 0) is 18.8 Å². The number of ketones is 1. The zero-order valence-electron chi connectivity index (χ0n) is 8.64. The second-order valence-corrected chi connectivity index (χ2v) is 4.24. The highest BCUT2D eigenvalue weighted by Gasteiger charge is 2.12. The third-order valence-electron chi connectivity index (χ3n) is 1.62. The molecular weight excluding hydrogens is 152 g/mol. The first-order valence-corrected chi connectivity index (χ1v) is 4.55. The van der Waals surface area contributed by atoms with Crippen molar-refractivity contribution in [3.05, 3.63) is 0 Å². The summed E-state index contributed by atoms with van der Waals surface area (Å²) in [5, 5.41) is 0. The van der Waals surface area contributed by atoms with E-state index in [-0.39, 0.29) is 17.8 Å². The summed E-state index contributed by atoms with van der Waals surface area (Å²) in [6.07, 6.45) is 1.59. The summed E-state index contributed by atoms with van der Waals surface area (Å²) in [5.41, 5.74) is 0.252. The highest BCUT2D eigenvalue weighted by atomic mass is 16.5. The molecule has 2 heteroatoms. The van der Waals surface area contributed by atoms with Crippen molar-refractivity contribution < 1.29 is 9.53 Å². The number of carbonyl (C=O) groups excluding carboxylic acids is 1. The van der Waals surface area contributed by atoms with E-state index in [2.05, 4.69) is 20.8 Å². The van der Waals surface area contributed by atoms with E-state index in [0.29, 0.717) is 13.0 Å². The van der Waals surface area contributed by atoms with Gasteiger partial charge >= 0.3 is 0 Å². The molecule has 0 atom stereocenters. The number of ether oxygens (including phenoxy) is 1. The predicted octanol–water partition coefficient (Wildman–Crippen LogP) is 2.42. The molecule has 0 aliphatic rings. The molecule has 12 heavy (non-hydrogen) atoms. The van der Waals surface area contributed by atoms with Crippen LogP contribution < -0.4 is 0 Å². The lowest BCUT2D eigenvalue weighted by molar-refractivity contribution is -0.123. The highest BCUT2D eigenvalue weighted by molar-refractivity contribution is 5.79. The van der Waals surface area contributed by atoms with Crippen LogP contribution >= 0.6 is 0 Å². The molecule has 0 unspecified atom stereocenters. The Hall–Kier alpha value is -0.370. The zero-order valence-corrected chi connectivity index (χ0v) is 8.64. The molecule has 0 rings (SSSR count). The van der Waals surface area contributed by atoms with E-state index in [9.17, 15) is 4.79 Å². The largest absolute Gasteiger partial charge is 0.374 e. The molecule has 0 spiro atoms. The Morgan fingerprint density at radius 3 is 2.33 bits per heavy atom. The van der Waals surface area contributed by atoms with Gasteiger partial charge in [-0.3, -0.25) is 4.79 Å². The number of rotatable bonds is 5. The highest BCUT2D eigenvalue weighted by Crippen LogP contribution is 2.20. The van der Waals surface area contributed by atoms with Gasteiger partial charge in [-0.2, -0.15) is 0 Å². The lowest BCUT2D eigenvalue weighted by Crippen LogP contribution is -2.13. The third kappa shape index (κ3) is 7.73. The summed E-state index contributed by atoms with van der Waals surface area (Å²) in [4.78, 5) is 11.1. The first kappa shape index (κ1) is 11.6. The van der Waals surface area contributed by atoms with Gasteiger partial charge in [-0.25, -0.2) is 0 Å². The molecule has 0 heterocycles. The molecular formula is C10H20O2. The molecule has 72 valence electrons. The van der Waals surface area contributed by atoms with Crippen LogP contribution in [0.3, 0.4) is 0 Å². The maximum absolute atomic E-state index is 11.1. The van der Waals surface area contributed by atoms with Crippen molar-refractivity contribution in [3.63, 3.8) is 0 Å². The van der Waals surface area contributed by atoms with E-state index in [1.54, 1.807) is 0 Å². The Morgan fingerprint density at radius 1 is 1.33 bits per heavy atom. The van der Waals surface area contributed by atoms with Gasteiger partial charge in [-0.1, -0.05) is 20.8 Å². The Labute approximate surface area is 75.3 Å². The average molecular weight is 172 g/mol. The molecule has 0 bridgehead atoms. The van der Waals surface area contributed by atoms with Gasteiger partial charge in [-0.15, -0.1) is 0 Å². The minimum atomic E-state index is 0.215. The molecule has 0 aliphatic carbocycles. The van der Waals surface area contributed by atoms with Crippen molar-refractivity contribution in [3.8, 4) is 0 Å². The molecule has 0 fully saturated rings. The van der Waals surface area contributed by atoms with Crippen LogP contribution in [-0.4, -0.2) is 19.0 Å². The summed E-state index contributed by atoms with van der Waals surface area (Å²) in [7, 11) is 0. The lowest BCUT2D eigenvalue weighted by atomic mass is 9.90. The second kappa shape index (κ2) is 5.31. The molecule has 0 amide bonds. The van der Waals surface area contributed by atoms with Crippen LogP contribution in [0.4, 0.5) is 0 Å². The lowest BCUT2D eigenvalue weighted by Gasteiger charge is -2.16. The fourth-order valence-corrected chi connectivity index (χ4v) is 0.802. The van der Waals surface area contributed by atoms with Crippen LogP contribution in [0.2, 0.25) is 0 Å². The minimum Gasteiger partial charge on any atom is -0.374 e. The van der Waals surface area contributed by atoms with Gasteiger partial charge in [0.1, 0.15) is 6.61 Å². The van der Waals surface area contributed by atoms with E-state index in [1.165, 1.54) is 0 Å². The number of carbonyl (C=O) groups is 1. The van der Waals surface area contributed by atoms with Crippen LogP contribution in [0.15, 0.2) is 0 Å². The maximum Gasteiger partial charge on any atom is 0.158 e. The fourth-order valence-electron chi connectivity index (χ4n) is 0.802. The molecule has 0 aromatic carbocycles.